The average Bonchev–Trinajstić information content (AvgIpc) is 3.28. The van der Waals surface area contributed by atoms with E-state index in [1.54, 1.807) is 4.68 Å². The molecular weight excluding hydrogens is 360 g/mol. The van der Waals surface area contributed by atoms with Crippen LogP contribution < -0.4 is 5.32 Å². The van der Waals surface area contributed by atoms with Gasteiger partial charge >= 0.3 is 0 Å². The minimum Gasteiger partial charge on any atom is -0.348 e. The molecule has 3 aromatic rings. The Morgan fingerprint density at radius 2 is 1.59 bits per heavy atom. The number of amides is 1. The highest BCUT2D eigenvalue weighted by atomic mass is 16.2. The number of nitrogens with zero attached hydrogens (tertiary/aromatic N) is 3. The molecule has 2 atom stereocenters. The van der Waals surface area contributed by atoms with Gasteiger partial charge in [-0.1, -0.05) is 48.5 Å². The first-order valence-corrected chi connectivity index (χ1v) is 10.4. The molecule has 1 N–H and O–H groups in total. The molecule has 0 spiro atoms. The van der Waals surface area contributed by atoms with Gasteiger partial charge in [0.25, 0.3) is 5.91 Å². The molecule has 0 aliphatic carbocycles. The van der Waals surface area contributed by atoms with E-state index in [0.717, 1.165) is 29.8 Å². The number of rotatable bonds is 4. The molecule has 5 heteroatoms. The molecule has 0 saturated carbocycles. The summed E-state index contributed by atoms with van der Waals surface area (Å²) in [6.45, 7) is 0. The summed E-state index contributed by atoms with van der Waals surface area (Å²) in [6.07, 6.45) is 4.55. The van der Waals surface area contributed by atoms with E-state index >= 15 is 0 Å². The predicted molar refractivity (Wildman–Crippen MR) is 114 cm³/mol. The maximum Gasteiger partial charge on any atom is 0.270 e. The first-order chi connectivity index (χ1) is 14.2. The van der Waals surface area contributed by atoms with Gasteiger partial charge in [-0.15, -0.1) is 0 Å². The van der Waals surface area contributed by atoms with Crippen molar-refractivity contribution in [1.82, 2.24) is 20.0 Å². The quantitative estimate of drug-likeness (QED) is 0.740. The van der Waals surface area contributed by atoms with Crippen LogP contribution in [0.4, 0.5) is 0 Å². The Balaban J connectivity index is 1.45. The third kappa shape index (κ3) is 3.47. The molecular formula is C24H26N4O. The maximum atomic E-state index is 13.3. The fourth-order valence-electron chi connectivity index (χ4n) is 4.85. The molecule has 5 nitrogen and oxygen atoms in total. The van der Waals surface area contributed by atoms with Crippen molar-refractivity contribution in [3.8, 4) is 16.9 Å². The Morgan fingerprint density at radius 1 is 0.966 bits per heavy atom. The van der Waals surface area contributed by atoms with Crippen LogP contribution in [0.15, 0.2) is 66.7 Å². The number of hydrogen-bond donors (Lipinski definition) is 1. The van der Waals surface area contributed by atoms with E-state index in [1.165, 1.54) is 12.8 Å². The molecule has 0 radical (unpaired) electrons. The first-order valence-electron chi connectivity index (χ1n) is 10.4. The summed E-state index contributed by atoms with van der Waals surface area (Å²) < 4.78 is 1.77. The van der Waals surface area contributed by atoms with Gasteiger partial charge in [-0.3, -0.25) is 4.79 Å². The lowest BCUT2D eigenvalue weighted by Gasteiger charge is -2.36. The van der Waals surface area contributed by atoms with Gasteiger partial charge < -0.3 is 10.2 Å². The number of carbonyl (C=O) groups excluding carboxylic acids is 1. The van der Waals surface area contributed by atoms with Crippen LogP contribution in [0, 0.1) is 0 Å². The van der Waals surface area contributed by atoms with Crippen molar-refractivity contribution < 1.29 is 4.79 Å². The number of aromatic nitrogens is 2. The largest absolute Gasteiger partial charge is 0.348 e. The van der Waals surface area contributed by atoms with E-state index in [9.17, 15) is 4.79 Å². The zero-order chi connectivity index (χ0) is 19.8. The van der Waals surface area contributed by atoms with Gasteiger partial charge in [0.1, 0.15) is 5.69 Å². The molecule has 2 aromatic carbocycles. The molecule has 1 amide bonds. The van der Waals surface area contributed by atoms with Crippen molar-refractivity contribution >= 4 is 5.91 Å². The van der Waals surface area contributed by atoms with E-state index in [2.05, 4.69) is 17.3 Å². The fourth-order valence-corrected chi connectivity index (χ4v) is 4.85. The van der Waals surface area contributed by atoms with Crippen molar-refractivity contribution in [1.29, 1.82) is 0 Å². The molecule has 2 bridgehead atoms. The third-order valence-corrected chi connectivity index (χ3v) is 6.45. The lowest BCUT2D eigenvalue weighted by Crippen LogP contribution is -2.49. The van der Waals surface area contributed by atoms with Crippen LogP contribution in [-0.4, -0.2) is 45.8 Å². The molecule has 148 valence electrons. The van der Waals surface area contributed by atoms with Crippen molar-refractivity contribution in [2.45, 2.75) is 43.8 Å². The lowest BCUT2D eigenvalue weighted by atomic mass is 9.98. The van der Waals surface area contributed by atoms with Gasteiger partial charge in [-0.2, -0.15) is 5.10 Å². The number of para-hydroxylation sites is 1. The zero-order valence-electron chi connectivity index (χ0n) is 16.7. The summed E-state index contributed by atoms with van der Waals surface area (Å²) in [5.41, 5.74) is 3.29. The number of nitrogens with one attached hydrogen (secondary N) is 1. The topological polar surface area (TPSA) is 50.2 Å². The number of fused-ring (bicyclic) bond motifs is 2. The normalized spacial score (nSPS) is 23.8. The molecule has 5 rings (SSSR count). The van der Waals surface area contributed by atoms with Crippen LogP contribution in [-0.2, 0) is 0 Å². The van der Waals surface area contributed by atoms with Gasteiger partial charge in [0, 0.05) is 23.7 Å². The summed E-state index contributed by atoms with van der Waals surface area (Å²) in [6, 6.07) is 23.2. The number of piperidine rings is 1. The Kier molecular flexibility index (Phi) is 4.68. The molecule has 2 aliphatic heterocycles. The zero-order valence-corrected chi connectivity index (χ0v) is 16.7. The summed E-state index contributed by atoms with van der Waals surface area (Å²) in [5.74, 6) is -0.0440. The second-order valence-electron chi connectivity index (χ2n) is 8.22. The molecule has 29 heavy (non-hydrogen) atoms. The second kappa shape index (κ2) is 7.48. The molecule has 2 aliphatic rings. The van der Waals surface area contributed by atoms with Crippen molar-refractivity contribution in [2.24, 2.45) is 0 Å². The maximum absolute atomic E-state index is 13.3. The number of hydrogen-bond acceptors (Lipinski definition) is 3. The first kappa shape index (κ1) is 18.1. The Labute approximate surface area is 171 Å². The molecule has 1 aromatic heterocycles. The molecule has 2 fully saturated rings. The Hall–Kier alpha value is -2.92. The van der Waals surface area contributed by atoms with E-state index in [4.69, 9.17) is 5.10 Å². The summed E-state index contributed by atoms with van der Waals surface area (Å²) in [5, 5.41) is 8.07. The summed E-state index contributed by atoms with van der Waals surface area (Å²) >= 11 is 0. The molecule has 2 saturated heterocycles. The van der Waals surface area contributed by atoms with Crippen molar-refractivity contribution in [3.05, 3.63) is 72.4 Å². The van der Waals surface area contributed by atoms with Crippen LogP contribution in [0.3, 0.4) is 0 Å². The summed E-state index contributed by atoms with van der Waals surface area (Å²) in [7, 11) is 2.22. The minimum atomic E-state index is -0.0440. The third-order valence-electron chi connectivity index (χ3n) is 6.45. The van der Waals surface area contributed by atoms with Gasteiger partial charge in [0.2, 0.25) is 0 Å². The van der Waals surface area contributed by atoms with Crippen molar-refractivity contribution in [3.63, 3.8) is 0 Å². The van der Waals surface area contributed by atoms with Crippen LogP contribution >= 0.6 is 0 Å². The van der Waals surface area contributed by atoms with Gasteiger partial charge in [0.05, 0.1) is 11.4 Å². The molecule has 3 heterocycles. The predicted octanol–water partition coefficient (Wildman–Crippen LogP) is 3.89. The highest BCUT2D eigenvalue weighted by Crippen LogP contribution is 2.34. The average molecular weight is 386 g/mol. The molecule has 2 unspecified atom stereocenters. The van der Waals surface area contributed by atoms with Gasteiger partial charge in [-0.05, 0) is 50.9 Å². The van der Waals surface area contributed by atoms with Crippen LogP contribution in [0.5, 0.6) is 0 Å². The fraction of sp³-hybridized carbons (Fsp3) is 0.333. The minimum absolute atomic E-state index is 0.0440. The SMILES string of the molecule is CN1C2CCC1CC(NC(=O)c1cc(-c3ccccc3)nn1-c1ccccc1)C2. The Morgan fingerprint density at radius 3 is 2.24 bits per heavy atom. The van der Waals surface area contributed by atoms with Crippen LogP contribution in [0.1, 0.15) is 36.2 Å². The van der Waals surface area contributed by atoms with Crippen molar-refractivity contribution in [2.75, 3.05) is 7.05 Å². The highest BCUT2D eigenvalue weighted by Gasteiger charge is 2.39. The van der Waals surface area contributed by atoms with Crippen LogP contribution in [0.25, 0.3) is 16.9 Å². The van der Waals surface area contributed by atoms with E-state index in [0.29, 0.717) is 17.8 Å². The van der Waals surface area contributed by atoms with Crippen LogP contribution in [0.2, 0.25) is 0 Å². The van der Waals surface area contributed by atoms with E-state index in [1.807, 2.05) is 66.7 Å². The van der Waals surface area contributed by atoms with Gasteiger partial charge in [0.15, 0.2) is 0 Å². The van der Waals surface area contributed by atoms with Gasteiger partial charge in [-0.25, -0.2) is 4.68 Å². The number of carbonyl (C=O) groups is 1. The van der Waals surface area contributed by atoms with E-state index in [-0.39, 0.29) is 11.9 Å². The lowest BCUT2D eigenvalue weighted by molar-refractivity contribution is 0.0875. The number of benzene rings is 2. The standard InChI is InChI=1S/C24H26N4O/c1-27-20-12-13-21(27)15-18(14-20)25-24(29)23-16-22(17-8-4-2-5-9-17)26-28(23)19-10-6-3-7-11-19/h2-11,16,18,20-21H,12-15H2,1H3,(H,25,29). The highest BCUT2D eigenvalue weighted by molar-refractivity contribution is 5.94. The summed E-state index contributed by atoms with van der Waals surface area (Å²) in [4.78, 5) is 15.8. The monoisotopic (exact) mass is 386 g/mol. The van der Waals surface area contributed by atoms with E-state index < -0.39 is 0 Å². The smallest absolute Gasteiger partial charge is 0.270 e. The Bertz CT molecular complexity index is 984. The second-order valence-corrected chi connectivity index (χ2v) is 8.22.